The molecule has 4 heteroatoms. The van der Waals surface area contributed by atoms with E-state index in [1.54, 1.807) is 7.11 Å². The molecule has 1 unspecified atom stereocenters. The van der Waals surface area contributed by atoms with Gasteiger partial charge in [0.05, 0.1) is 19.8 Å². The fourth-order valence-corrected chi connectivity index (χ4v) is 2.69. The van der Waals surface area contributed by atoms with Crippen LogP contribution in [0.15, 0.2) is 18.2 Å². The topological polar surface area (TPSA) is 47.6 Å². The van der Waals surface area contributed by atoms with Gasteiger partial charge in [-0.1, -0.05) is 32.3 Å². The highest BCUT2D eigenvalue weighted by atomic mass is 16.5. The molecule has 0 heterocycles. The number of rotatable bonds is 9. The fraction of sp³-hybridized carbons (Fsp3) is 0.632. The smallest absolute Gasteiger partial charge is 0.223 e. The minimum Gasteiger partial charge on any atom is -0.493 e. The maximum atomic E-state index is 12.1. The minimum absolute atomic E-state index is 0.0221. The van der Waals surface area contributed by atoms with Crippen LogP contribution in [-0.2, 0) is 4.79 Å². The maximum absolute atomic E-state index is 12.1. The monoisotopic (exact) mass is 319 g/mol. The van der Waals surface area contributed by atoms with Gasteiger partial charge in [-0.15, -0.1) is 0 Å². The van der Waals surface area contributed by atoms with Crippen LogP contribution in [-0.4, -0.2) is 19.6 Å². The first-order valence-corrected chi connectivity index (χ1v) is 8.76. The van der Waals surface area contributed by atoms with Gasteiger partial charge in [0.25, 0.3) is 0 Å². The van der Waals surface area contributed by atoms with Gasteiger partial charge in [0.2, 0.25) is 5.91 Å². The highest BCUT2D eigenvalue weighted by Gasteiger charge is 2.26. The number of methoxy groups -OCH3 is 1. The molecule has 1 aliphatic carbocycles. The third kappa shape index (κ3) is 4.88. The second-order valence-corrected chi connectivity index (χ2v) is 6.32. The van der Waals surface area contributed by atoms with E-state index in [0.29, 0.717) is 6.61 Å². The van der Waals surface area contributed by atoms with Crippen LogP contribution < -0.4 is 14.8 Å². The van der Waals surface area contributed by atoms with Gasteiger partial charge in [0.1, 0.15) is 0 Å². The first-order chi connectivity index (χ1) is 11.2. The van der Waals surface area contributed by atoms with Crippen LogP contribution in [0.3, 0.4) is 0 Å². The largest absolute Gasteiger partial charge is 0.493 e. The Morgan fingerprint density at radius 1 is 1.30 bits per heavy atom. The lowest BCUT2D eigenvalue weighted by Crippen LogP contribution is -2.35. The fourth-order valence-electron chi connectivity index (χ4n) is 2.69. The summed E-state index contributed by atoms with van der Waals surface area (Å²) in [6, 6.07) is 5.88. The number of hydrogen-bond donors (Lipinski definition) is 1. The quantitative estimate of drug-likeness (QED) is 0.693. The molecule has 0 saturated heterocycles. The Bertz CT molecular complexity index is 511. The summed E-state index contributed by atoms with van der Waals surface area (Å²) in [5, 5.41) is 3.09. The molecule has 0 bridgehead atoms. The number of carbonyl (C=O) groups is 1. The van der Waals surface area contributed by atoms with Gasteiger partial charge in [-0.3, -0.25) is 4.79 Å². The van der Waals surface area contributed by atoms with Crippen molar-refractivity contribution in [1.82, 2.24) is 5.32 Å². The molecule has 1 saturated carbocycles. The molecule has 0 aliphatic heterocycles. The summed E-state index contributed by atoms with van der Waals surface area (Å²) < 4.78 is 11.2. The SMILES string of the molecule is CCCCCOc1ccc(C(C)NC(=O)C2CCC2)cc1OC. The lowest BCUT2D eigenvalue weighted by Gasteiger charge is -2.26. The van der Waals surface area contributed by atoms with E-state index in [-0.39, 0.29) is 17.9 Å². The van der Waals surface area contributed by atoms with E-state index in [0.717, 1.165) is 36.3 Å². The van der Waals surface area contributed by atoms with Crippen molar-refractivity contribution < 1.29 is 14.3 Å². The Morgan fingerprint density at radius 3 is 2.70 bits per heavy atom. The van der Waals surface area contributed by atoms with Crippen molar-refractivity contribution in [2.45, 2.75) is 58.4 Å². The van der Waals surface area contributed by atoms with Gasteiger partial charge in [-0.2, -0.15) is 0 Å². The Kier molecular flexibility index (Phi) is 6.75. The van der Waals surface area contributed by atoms with E-state index in [4.69, 9.17) is 9.47 Å². The number of ether oxygens (including phenoxy) is 2. The van der Waals surface area contributed by atoms with Crippen LogP contribution in [0.4, 0.5) is 0 Å². The van der Waals surface area contributed by atoms with E-state index in [9.17, 15) is 4.79 Å². The molecule has 128 valence electrons. The van der Waals surface area contributed by atoms with Crippen LogP contribution in [0.25, 0.3) is 0 Å². The van der Waals surface area contributed by atoms with Crippen LogP contribution in [0.2, 0.25) is 0 Å². The number of benzene rings is 1. The normalized spacial score (nSPS) is 15.6. The summed E-state index contributed by atoms with van der Waals surface area (Å²) in [5.41, 5.74) is 1.04. The molecule has 0 aromatic heterocycles. The zero-order valence-electron chi connectivity index (χ0n) is 14.6. The Labute approximate surface area is 139 Å². The Balaban J connectivity index is 1.95. The predicted octanol–water partition coefficient (Wildman–Crippen LogP) is 4.24. The highest BCUT2D eigenvalue weighted by molar-refractivity contribution is 5.79. The minimum atomic E-state index is -0.0221. The van der Waals surface area contributed by atoms with Gasteiger partial charge in [-0.05, 0) is 43.9 Å². The van der Waals surface area contributed by atoms with Crippen molar-refractivity contribution in [3.05, 3.63) is 23.8 Å². The lowest BCUT2D eigenvalue weighted by atomic mass is 9.84. The molecule has 1 amide bonds. The molecule has 1 N–H and O–H groups in total. The first kappa shape index (κ1) is 17.6. The maximum Gasteiger partial charge on any atom is 0.223 e. The summed E-state index contributed by atoms with van der Waals surface area (Å²) in [6.07, 6.45) is 6.61. The van der Waals surface area contributed by atoms with Crippen molar-refractivity contribution in [3.63, 3.8) is 0 Å². The summed E-state index contributed by atoms with van der Waals surface area (Å²) in [5.74, 6) is 1.87. The third-order valence-corrected chi connectivity index (χ3v) is 4.53. The molecule has 1 atom stereocenters. The van der Waals surface area contributed by atoms with Gasteiger partial charge in [-0.25, -0.2) is 0 Å². The molecule has 1 fully saturated rings. The van der Waals surface area contributed by atoms with Crippen molar-refractivity contribution >= 4 is 5.91 Å². The molecular formula is C19H29NO3. The predicted molar refractivity (Wildman–Crippen MR) is 91.9 cm³/mol. The standard InChI is InChI=1S/C19H29NO3/c1-4-5-6-12-23-17-11-10-16(13-18(17)22-3)14(2)20-19(21)15-8-7-9-15/h10-11,13-15H,4-9,12H2,1-3H3,(H,20,21). The zero-order chi connectivity index (χ0) is 16.7. The number of hydrogen-bond acceptors (Lipinski definition) is 3. The summed E-state index contributed by atoms with van der Waals surface area (Å²) in [7, 11) is 1.65. The van der Waals surface area contributed by atoms with Crippen molar-refractivity contribution in [1.29, 1.82) is 0 Å². The van der Waals surface area contributed by atoms with Crippen LogP contribution >= 0.6 is 0 Å². The number of nitrogens with one attached hydrogen (secondary N) is 1. The number of carbonyl (C=O) groups excluding carboxylic acids is 1. The first-order valence-electron chi connectivity index (χ1n) is 8.76. The van der Waals surface area contributed by atoms with Crippen molar-refractivity contribution in [2.75, 3.05) is 13.7 Å². The zero-order valence-corrected chi connectivity index (χ0v) is 14.6. The van der Waals surface area contributed by atoms with E-state index in [1.807, 2.05) is 25.1 Å². The van der Waals surface area contributed by atoms with Crippen LogP contribution in [0, 0.1) is 5.92 Å². The van der Waals surface area contributed by atoms with E-state index in [1.165, 1.54) is 19.3 Å². The number of unbranched alkanes of at least 4 members (excludes halogenated alkanes) is 2. The van der Waals surface area contributed by atoms with Crippen LogP contribution in [0.1, 0.15) is 64.0 Å². The lowest BCUT2D eigenvalue weighted by molar-refractivity contribution is -0.128. The molecule has 2 rings (SSSR count). The number of amides is 1. The van der Waals surface area contributed by atoms with Gasteiger partial charge in [0.15, 0.2) is 11.5 Å². The molecule has 1 aromatic carbocycles. The van der Waals surface area contributed by atoms with E-state index >= 15 is 0 Å². The molecular weight excluding hydrogens is 290 g/mol. The average Bonchev–Trinajstić information content (AvgIpc) is 2.49. The second-order valence-electron chi connectivity index (χ2n) is 6.32. The average molecular weight is 319 g/mol. The summed E-state index contributed by atoms with van der Waals surface area (Å²) in [6.45, 7) is 4.89. The van der Waals surface area contributed by atoms with Gasteiger partial charge in [0, 0.05) is 5.92 Å². The Hall–Kier alpha value is -1.71. The second kappa shape index (κ2) is 8.80. The van der Waals surface area contributed by atoms with E-state index < -0.39 is 0 Å². The molecule has 1 aliphatic rings. The molecule has 4 nitrogen and oxygen atoms in total. The van der Waals surface area contributed by atoms with Crippen molar-refractivity contribution in [3.8, 4) is 11.5 Å². The Morgan fingerprint density at radius 2 is 2.09 bits per heavy atom. The highest BCUT2D eigenvalue weighted by Crippen LogP contribution is 2.31. The van der Waals surface area contributed by atoms with Gasteiger partial charge < -0.3 is 14.8 Å². The molecule has 23 heavy (non-hydrogen) atoms. The summed E-state index contributed by atoms with van der Waals surface area (Å²) in [4.78, 5) is 12.1. The van der Waals surface area contributed by atoms with Gasteiger partial charge >= 0.3 is 0 Å². The third-order valence-electron chi connectivity index (χ3n) is 4.53. The van der Waals surface area contributed by atoms with Crippen LogP contribution in [0.5, 0.6) is 11.5 Å². The van der Waals surface area contributed by atoms with Crippen molar-refractivity contribution in [2.24, 2.45) is 5.92 Å². The van der Waals surface area contributed by atoms with E-state index in [2.05, 4.69) is 12.2 Å². The molecule has 0 spiro atoms. The summed E-state index contributed by atoms with van der Waals surface area (Å²) >= 11 is 0. The molecule has 1 aromatic rings. The molecule has 0 radical (unpaired) electrons.